The second-order valence-electron chi connectivity index (χ2n) is 6.64. The normalized spacial score (nSPS) is 25.0. The molecule has 3 aromatic rings. The fourth-order valence-electron chi connectivity index (χ4n) is 3.10. The van der Waals surface area contributed by atoms with Crippen LogP contribution in [0.5, 0.6) is 5.75 Å². The molecule has 0 saturated carbocycles. The molecule has 1 fully saturated rings. The number of hydrogen-bond donors (Lipinski definition) is 5. The van der Waals surface area contributed by atoms with Gasteiger partial charge in [-0.05, 0) is 12.1 Å². The quantitative estimate of drug-likeness (QED) is 0.271. The molecule has 3 aromatic heterocycles. The van der Waals surface area contributed by atoms with Gasteiger partial charge in [-0.2, -0.15) is 0 Å². The zero-order chi connectivity index (χ0) is 23.0. The molecule has 4 heterocycles. The van der Waals surface area contributed by atoms with Crippen molar-refractivity contribution in [1.82, 2.24) is 24.5 Å². The van der Waals surface area contributed by atoms with E-state index in [2.05, 4.69) is 19.9 Å². The maximum absolute atomic E-state index is 12.3. The van der Waals surface area contributed by atoms with Crippen LogP contribution < -0.4 is 10.3 Å². The third-order valence-electron chi connectivity index (χ3n) is 4.59. The largest absolute Gasteiger partial charge is 0.527 e. The molecule has 0 amide bonds. The van der Waals surface area contributed by atoms with Crippen molar-refractivity contribution in [2.45, 2.75) is 24.5 Å². The molecule has 170 valence electrons. The number of aliphatic hydroxyl groups excluding tert-OH is 2. The number of aromatic nitrogens is 5. The summed E-state index contributed by atoms with van der Waals surface area (Å²) in [5.41, 5.74) is 5.64. The maximum atomic E-state index is 12.3. The van der Waals surface area contributed by atoms with Crippen LogP contribution in [0.15, 0.2) is 31.0 Å². The van der Waals surface area contributed by atoms with Crippen molar-refractivity contribution in [3.05, 3.63) is 36.7 Å². The lowest BCUT2D eigenvalue weighted by atomic mass is 10.1. The molecule has 32 heavy (non-hydrogen) atoms. The highest BCUT2D eigenvalue weighted by molar-refractivity contribution is 7.47. The Bertz CT molecular complexity index is 1210. The molecule has 5 atom stereocenters. The number of phosphoric acid groups is 1. The number of rotatable bonds is 7. The van der Waals surface area contributed by atoms with E-state index in [4.69, 9.17) is 24.6 Å². The first-order valence-corrected chi connectivity index (χ1v) is 10.5. The average Bonchev–Trinajstić information content (AvgIpc) is 3.29. The van der Waals surface area contributed by atoms with E-state index in [9.17, 15) is 24.5 Å². The average molecular weight is 468 g/mol. The molecule has 6 N–H and O–H groups in total. The summed E-state index contributed by atoms with van der Waals surface area (Å²) in [6.45, 7) is -0.672. The number of aromatic carboxylic acids is 1. The molecule has 0 spiro atoms. The number of fused-ring (bicyclic) bond motifs is 1. The highest BCUT2D eigenvalue weighted by atomic mass is 31.2. The van der Waals surface area contributed by atoms with Crippen molar-refractivity contribution in [3.8, 4) is 5.75 Å². The van der Waals surface area contributed by atoms with Crippen LogP contribution in [0.4, 0.5) is 5.82 Å². The van der Waals surface area contributed by atoms with Crippen molar-refractivity contribution in [2.24, 2.45) is 0 Å². The lowest BCUT2D eigenvalue weighted by molar-refractivity contribution is -0.0501. The first-order valence-electron chi connectivity index (χ1n) is 8.98. The fourth-order valence-corrected chi connectivity index (χ4v) is 3.88. The molecule has 16 heteroatoms. The number of nitrogens with two attached hydrogens (primary N) is 1. The number of nitrogen functional groups attached to an aromatic ring is 1. The van der Waals surface area contributed by atoms with Crippen molar-refractivity contribution in [1.29, 1.82) is 0 Å². The zero-order valence-electron chi connectivity index (χ0n) is 16.0. The summed E-state index contributed by atoms with van der Waals surface area (Å²) in [5, 5.41) is 29.8. The molecule has 0 aromatic carbocycles. The van der Waals surface area contributed by atoms with Crippen LogP contribution in [-0.2, 0) is 13.8 Å². The maximum Gasteiger partial charge on any atom is 0.527 e. The molecule has 1 saturated heterocycles. The standard InChI is InChI=1S/C16H17N6O9P/c17-13-10-14(20-5-19-13)22(6-21-10)15-12(24)11(23)8(30-15)4-29-32(27,28)31-7-2-1-3-18-9(7)16(25)26/h1-3,5-6,8,11-12,15,23-24H,4H2,(H,25,26)(H,27,28)(H2,17,19,20)/t8-,11-,12-,15-/m1/s1. The fraction of sp³-hybridized carbons (Fsp3) is 0.312. The van der Waals surface area contributed by atoms with Gasteiger partial charge >= 0.3 is 13.8 Å². The predicted octanol–water partition coefficient (Wildman–Crippen LogP) is -0.683. The first-order chi connectivity index (χ1) is 15.2. The number of ether oxygens (including phenoxy) is 1. The molecule has 1 unspecified atom stereocenters. The lowest BCUT2D eigenvalue weighted by Gasteiger charge is -2.18. The monoisotopic (exact) mass is 468 g/mol. The summed E-state index contributed by atoms with van der Waals surface area (Å²) >= 11 is 0. The van der Waals surface area contributed by atoms with E-state index in [0.29, 0.717) is 0 Å². The zero-order valence-corrected chi connectivity index (χ0v) is 16.9. The van der Waals surface area contributed by atoms with E-state index in [-0.39, 0.29) is 17.0 Å². The van der Waals surface area contributed by atoms with Crippen LogP contribution >= 0.6 is 7.82 Å². The number of anilines is 1. The number of carboxylic acids is 1. The minimum atomic E-state index is -4.84. The van der Waals surface area contributed by atoms with E-state index in [1.165, 1.54) is 29.5 Å². The number of carboxylic acid groups (broad SMARTS) is 1. The van der Waals surface area contributed by atoms with Crippen LogP contribution in [-0.4, -0.2) is 75.6 Å². The Balaban J connectivity index is 1.46. The predicted molar refractivity (Wildman–Crippen MR) is 103 cm³/mol. The van der Waals surface area contributed by atoms with Gasteiger partial charge in [0.15, 0.2) is 29.1 Å². The van der Waals surface area contributed by atoms with Crippen LogP contribution in [0, 0.1) is 0 Å². The highest BCUT2D eigenvalue weighted by Crippen LogP contribution is 2.45. The van der Waals surface area contributed by atoms with Crippen molar-refractivity contribution in [3.63, 3.8) is 0 Å². The first kappa shape index (κ1) is 22.0. The number of imidazole rings is 1. The van der Waals surface area contributed by atoms with Gasteiger partial charge in [0, 0.05) is 6.20 Å². The van der Waals surface area contributed by atoms with E-state index in [1.54, 1.807) is 0 Å². The Kier molecular flexibility index (Phi) is 5.77. The molecule has 0 radical (unpaired) electrons. The smallest absolute Gasteiger partial charge is 0.476 e. The molecule has 0 aliphatic carbocycles. The van der Waals surface area contributed by atoms with Gasteiger partial charge in [-0.15, -0.1) is 0 Å². The molecule has 4 rings (SSSR count). The number of hydrogen-bond acceptors (Lipinski definition) is 12. The SMILES string of the molecule is Nc1ncnc2c1ncn2[C@@H]1O[C@H](COP(=O)(O)Oc2cccnc2C(=O)O)[C@@H](O)[C@H]1O. The number of aliphatic hydroxyl groups is 2. The van der Waals surface area contributed by atoms with E-state index in [0.717, 1.165) is 6.07 Å². The highest BCUT2D eigenvalue weighted by Gasteiger charge is 2.45. The lowest BCUT2D eigenvalue weighted by Crippen LogP contribution is -2.33. The summed E-state index contributed by atoms with van der Waals surface area (Å²) in [6, 6.07) is 2.43. The Morgan fingerprint density at radius 3 is 2.78 bits per heavy atom. The van der Waals surface area contributed by atoms with E-state index >= 15 is 0 Å². The van der Waals surface area contributed by atoms with Crippen LogP contribution in [0.2, 0.25) is 0 Å². The molecular formula is C16H17N6O9P. The summed E-state index contributed by atoms with van der Waals surface area (Å²) in [4.78, 5) is 36.6. The van der Waals surface area contributed by atoms with E-state index < -0.39 is 56.4 Å². The third-order valence-corrected chi connectivity index (χ3v) is 5.49. The minimum Gasteiger partial charge on any atom is -0.476 e. The Labute approximate surface area is 178 Å². The third kappa shape index (κ3) is 4.12. The molecule has 15 nitrogen and oxygen atoms in total. The topological polar surface area (TPSA) is 225 Å². The summed E-state index contributed by atoms with van der Waals surface area (Å²) in [7, 11) is -4.84. The number of nitrogens with zero attached hydrogens (tertiary/aromatic N) is 5. The number of carbonyl (C=O) groups is 1. The Morgan fingerprint density at radius 2 is 2.03 bits per heavy atom. The van der Waals surface area contributed by atoms with E-state index in [1.807, 2.05) is 0 Å². The van der Waals surface area contributed by atoms with Gasteiger partial charge < -0.3 is 30.3 Å². The number of pyridine rings is 1. The summed E-state index contributed by atoms with van der Waals surface area (Å²) < 4.78 is 28.8. The van der Waals surface area contributed by atoms with Gasteiger partial charge in [-0.25, -0.2) is 29.3 Å². The molecule has 1 aliphatic heterocycles. The van der Waals surface area contributed by atoms with Gasteiger partial charge in [0.05, 0.1) is 12.9 Å². The summed E-state index contributed by atoms with van der Waals surface area (Å²) in [5.74, 6) is -1.85. The van der Waals surface area contributed by atoms with Crippen LogP contribution in [0.1, 0.15) is 16.7 Å². The van der Waals surface area contributed by atoms with Crippen LogP contribution in [0.25, 0.3) is 11.2 Å². The van der Waals surface area contributed by atoms with Gasteiger partial charge in [0.2, 0.25) is 0 Å². The van der Waals surface area contributed by atoms with Crippen molar-refractivity contribution in [2.75, 3.05) is 12.3 Å². The van der Waals surface area contributed by atoms with Gasteiger partial charge in [-0.3, -0.25) is 14.0 Å². The van der Waals surface area contributed by atoms with Crippen molar-refractivity contribution < 1.29 is 43.4 Å². The number of phosphoric ester groups is 1. The Hall–Kier alpha value is -3.20. The van der Waals surface area contributed by atoms with Gasteiger partial charge in [0.25, 0.3) is 0 Å². The minimum absolute atomic E-state index is 0.108. The van der Waals surface area contributed by atoms with Crippen molar-refractivity contribution >= 4 is 30.8 Å². The van der Waals surface area contributed by atoms with Gasteiger partial charge in [0.1, 0.15) is 30.2 Å². The second kappa shape index (κ2) is 8.38. The Morgan fingerprint density at radius 1 is 1.25 bits per heavy atom. The van der Waals surface area contributed by atoms with Gasteiger partial charge in [-0.1, -0.05) is 0 Å². The molecular weight excluding hydrogens is 451 g/mol. The van der Waals surface area contributed by atoms with Crippen LogP contribution in [0.3, 0.4) is 0 Å². The molecule has 1 aliphatic rings. The second-order valence-corrected chi connectivity index (χ2v) is 8.02. The molecule has 0 bridgehead atoms. The summed E-state index contributed by atoms with van der Waals surface area (Å²) in [6.07, 6.45) is -1.73.